The van der Waals surface area contributed by atoms with Crippen molar-refractivity contribution >= 4 is 38.9 Å². The molecule has 52 heavy (non-hydrogen) atoms. The molecular weight excluding hydrogens is 643 g/mol. The van der Waals surface area contributed by atoms with Crippen molar-refractivity contribution in [2.24, 2.45) is 0 Å². The smallest absolute Gasteiger partial charge is 0.123 e. The van der Waals surface area contributed by atoms with Gasteiger partial charge in [-0.2, -0.15) is 0 Å². The fourth-order valence-corrected chi connectivity index (χ4v) is 7.15. The van der Waals surface area contributed by atoms with E-state index >= 15 is 0 Å². The second kappa shape index (κ2) is 13.2. The average molecular weight is 675 g/mol. The molecule has 1 heterocycles. The summed E-state index contributed by atoms with van der Waals surface area (Å²) in [4.78, 5) is 2.11. The van der Waals surface area contributed by atoms with Crippen LogP contribution in [0.25, 0.3) is 60.9 Å². The number of hydrogen-bond acceptors (Lipinski definition) is 1. The van der Waals surface area contributed by atoms with E-state index in [0.29, 0.717) is 0 Å². The summed E-state index contributed by atoms with van der Waals surface area (Å²) >= 11 is 0. The Morgan fingerprint density at radius 2 is 0.673 bits per heavy atom. The van der Waals surface area contributed by atoms with Crippen LogP contribution in [-0.2, 0) is 0 Å². The molecule has 0 N–H and O–H groups in total. The summed E-state index contributed by atoms with van der Waals surface area (Å²) in [5, 5.41) is 2.39. The first-order chi connectivity index (χ1) is 25.6. The van der Waals surface area contributed by atoms with E-state index in [4.69, 9.17) is 0 Å². The maximum atomic E-state index is 14.0. The van der Waals surface area contributed by atoms with Crippen molar-refractivity contribution in [2.45, 2.75) is 0 Å². The lowest BCUT2D eigenvalue weighted by Gasteiger charge is -2.26. The second-order valence-corrected chi connectivity index (χ2v) is 12.9. The van der Waals surface area contributed by atoms with Crippen molar-refractivity contribution in [1.82, 2.24) is 4.57 Å². The highest BCUT2D eigenvalue weighted by Crippen LogP contribution is 2.39. The zero-order valence-corrected chi connectivity index (χ0v) is 28.1. The zero-order chi connectivity index (χ0) is 35.0. The largest absolute Gasteiger partial charge is 0.311 e. The molecule has 2 nitrogen and oxygen atoms in total. The van der Waals surface area contributed by atoms with Crippen LogP contribution in [0.5, 0.6) is 0 Å². The third kappa shape index (κ3) is 5.80. The molecule has 0 bridgehead atoms. The van der Waals surface area contributed by atoms with Gasteiger partial charge in [0.2, 0.25) is 0 Å². The fraction of sp³-hybridized carbons (Fsp3) is 0. The number of halogens is 2. The van der Waals surface area contributed by atoms with Crippen LogP contribution in [0.4, 0.5) is 25.8 Å². The normalized spacial score (nSPS) is 11.3. The zero-order valence-electron chi connectivity index (χ0n) is 28.1. The second-order valence-electron chi connectivity index (χ2n) is 12.9. The number of fused-ring (bicyclic) bond motifs is 3. The Bertz CT molecular complexity index is 2650. The van der Waals surface area contributed by atoms with Crippen LogP contribution in [0, 0.1) is 11.6 Å². The SMILES string of the molecule is Fc1ccc(-c2ccc(N(c3ccc(F)cc3)c3ccc(-c4ccc5c(c4)c4cc(-c6ccccc6)ccc4n5-c4ccccc4)cc3)cc2)cc1. The van der Waals surface area contributed by atoms with Crippen LogP contribution in [0.1, 0.15) is 0 Å². The summed E-state index contributed by atoms with van der Waals surface area (Å²) in [6, 6.07) is 64.1. The summed E-state index contributed by atoms with van der Waals surface area (Å²) in [5.41, 5.74) is 12.6. The molecular formula is C48H32F2N2. The van der Waals surface area contributed by atoms with Gasteiger partial charge >= 0.3 is 0 Å². The van der Waals surface area contributed by atoms with Crippen LogP contribution in [0.2, 0.25) is 0 Å². The summed E-state index contributed by atoms with van der Waals surface area (Å²) in [5.74, 6) is -0.548. The lowest BCUT2D eigenvalue weighted by Crippen LogP contribution is -2.09. The first-order valence-corrected chi connectivity index (χ1v) is 17.3. The highest BCUT2D eigenvalue weighted by atomic mass is 19.1. The number of nitrogens with zero attached hydrogens (tertiary/aromatic N) is 2. The number of hydrogen-bond donors (Lipinski definition) is 0. The topological polar surface area (TPSA) is 8.17 Å². The molecule has 0 fully saturated rings. The highest BCUT2D eigenvalue weighted by Gasteiger charge is 2.16. The monoisotopic (exact) mass is 674 g/mol. The van der Waals surface area contributed by atoms with Gasteiger partial charge in [0.1, 0.15) is 11.6 Å². The lowest BCUT2D eigenvalue weighted by molar-refractivity contribution is 0.627. The molecule has 0 aliphatic rings. The molecule has 0 aliphatic heterocycles. The van der Waals surface area contributed by atoms with Gasteiger partial charge in [0.25, 0.3) is 0 Å². The Balaban J connectivity index is 1.12. The highest BCUT2D eigenvalue weighted by molar-refractivity contribution is 6.11. The Labute approximate surface area is 301 Å². The fourth-order valence-electron chi connectivity index (χ4n) is 7.15. The minimum absolute atomic E-state index is 0.262. The van der Waals surface area contributed by atoms with Crippen molar-refractivity contribution < 1.29 is 8.78 Å². The molecule has 0 unspecified atom stereocenters. The lowest BCUT2D eigenvalue weighted by atomic mass is 10.00. The Kier molecular flexibility index (Phi) is 7.90. The molecule has 9 aromatic rings. The Morgan fingerprint density at radius 3 is 1.15 bits per heavy atom. The number of para-hydroxylation sites is 1. The van der Waals surface area contributed by atoms with Gasteiger partial charge in [-0.1, -0.05) is 97.1 Å². The molecule has 0 spiro atoms. The van der Waals surface area contributed by atoms with Gasteiger partial charge in [-0.15, -0.1) is 0 Å². The third-order valence-corrected chi connectivity index (χ3v) is 9.73. The van der Waals surface area contributed by atoms with E-state index in [1.807, 2.05) is 36.4 Å². The van der Waals surface area contributed by atoms with E-state index < -0.39 is 0 Å². The molecule has 0 aliphatic carbocycles. The number of aromatic nitrogens is 1. The van der Waals surface area contributed by atoms with E-state index in [9.17, 15) is 8.78 Å². The van der Waals surface area contributed by atoms with Crippen LogP contribution in [0.15, 0.2) is 194 Å². The summed E-state index contributed by atoms with van der Waals surface area (Å²) in [6.45, 7) is 0. The summed E-state index contributed by atoms with van der Waals surface area (Å²) < 4.78 is 29.9. The van der Waals surface area contributed by atoms with Crippen molar-refractivity contribution in [1.29, 1.82) is 0 Å². The van der Waals surface area contributed by atoms with Crippen molar-refractivity contribution in [2.75, 3.05) is 4.90 Å². The standard InChI is InChI=1S/C48H32F2N2/c49-39-19-11-34(12-20-39)35-13-23-42(24-14-35)51(44-27-21-40(50)22-28-44)43-25-15-36(16-26-43)38-18-30-48-46(32-38)45-31-37(33-7-3-1-4-8-33)17-29-47(45)52(48)41-9-5-2-6-10-41/h1-32H. The number of rotatable bonds is 7. The van der Waals surface area contributed by atoms with E-state index in [0.717, 1.165) is 56.0 Å². The first-order valence-electron chi connectivity index (χ1n) is 17.3. The van der Waals surface area contributed by atoms with E-state index in [1.165, 1.54) is 46.2 Å². The van der Waals surface area contributed by atoms with Gasteiger partial charge in [-0.05, 0) is 130 Å². The Hall–Kier alpha value is -6.78. The molecule has 0 radical (unpaired) electrons. The predicted octanol–water partition coefficient (Wildman–Crippen LogP) is 13.5. The molecule has 1 aromatic heterocycles. The van der Waals surface area contributed by atoms with Crippen molar-refractivity contribution in [3.8, 4) is 39.1 Å². The maximum absolute atomic E-state index is 14.0. The van der Waals surface area contributed by atoms with Crippen molar-refractivity contribution in [3.63, 3.8) is 0 Å². The molecule has 4 heteroatoms. The average Bonchev–Trinajstić information content (AvgIpc) is 3.53. The molecule has 0 atom stereocenters. The molecule has 9 rings (SSSR count). The molecule has 0 saturated heterocycles. The van der Waals surface area contributed by atoms with Crippen LogP contribution < -0.4 is 4.90 Å². The Morgan fingerprint density at radius 1 is 0.327 bits per heavy atom. The molecule has 248 valence electrons. The van der Waals surface area contributed by atoms with Crippen LogP contribution in [0.3, 0.4) is 0 Å². The minimum atomic E-state index is -0.286. The maximum Gasteiger partial charge on any atom is 0.123 e. The predicted molar refractivity (Wildman–Crippen MR) is 212 cm³/mol. The minimum Gasteiger partial charge on any atom is -0.311 e. The first kappa shape index (κ1) is 31.2. The van der Waals surface area contributed by atoms with Gasteiger partial charge in [-0.3, -0.25) is 0 Å². The molecule has 0 saturated carbocycles. The van der Waals surface area contributed by atoms with Gasteiger partial charge in [-0.25, -0.2) is 8.78 Å². The van der Waals surface area contributed by atoms with Gasteiger partial charge in [0.05, 0.1) is 11.0 Å². The summed E-state index contributed by atoms with van der Waals surface area (Å²) in [6.07, 6.45) is 0. The van der Waals surface area contributed by atoms with E-state index in [-0.39, 0.29) is 11.6 Å². The van der Waals surface area contributed by atoms with Gasteiger partial charge < -0.3 is 9.47 Å². The summed E-state index contributed by atoms with van der Waals surface area (Å²) in [7, 11) is 0. The van der Waals surface area contributed by atoms with Gasteiger partial charge in [0.15, 0.2) is 0 Å². The van der Waals surface area contributed by atoms with Crippen LogP contribution in [-0.4, -0.2) is 4.57 Å². The van der Waals surface area contributed by atoms with Gasteiger partial charge in [0, 0.05) is 33.5 Å². The quantitative estimate of drug-likeness (QED) is 0.163. The molecule has 0 amide bonds. The molecule has 8 aromatic carbocycles. The van der Waals surface area contributed by atoms with E-state index in [2.05, 4.69) is 119 Å². The van der Waals surface area contributed by atoms with E-state index in [1.54, 1.807) is 24.3 Å². The van der Waals surface area contributed by atoms with Crippen LogP contribution >= 0.6 is 0 Å². The number of anilines is 3. The number of benzene rings is 8. The van der Waals surface area contributed by atoms with Crippen molar-refractivity contribution in [3.05, 3.63) is 206 Å². The third-order valence-electron chi connectivity index (χ3n) is 9.73.